The summed E-state index contributed by atoms with van der Waals surface area (Å²) in [7, 11) is 0. The van der Waals surface area contributed by atoms with Crippen LogP contribution in [0.1, 0.15) is 13.3 Å². The minimum absolute atomic E-state index is 0.0446. The summed E-state index contributed by atoms with van der Waals surface area (Å²) in [6.45, 7) is 2.43. The van der Waals surface area contributed by atoms with Crippen LogP contribution in [0.5, 0.6) is 0 Å². The zero-order chi connectivity index (χ0) is 12.0. The summed E-state index contributed by atoms with van der Waals surface area (Å²) < 4.78 is 1.60. The van der Waals surface area contributed by atoms with Crippen molar-refractivity contribution >= 4 is 11.5 Å². The highest BCUT2D eigenvalue weighted by atomic mass is 16.3. The molecule has 0 amide bonds. The lowest BCUT2D eigenvalue weighted by Gasteiger charge is -1.96. The van der Waals surface area contributed by atoms with E-state index in [1.807, 2.05) is 6.92 Å². The van der Waals surface area contributed by atoms with Crippen molar-refractivity contribution < 1.29 is 5.11 Å². The van der Waals surface area contributed by atoms with Crippen LogP contribution >= 0.6 is 0 Å². The lowest BCUT2D eigenvalue weighted by molar-refractivity contribution is 0.269. The normalized spacial score (nSPS) is 13.1. The largest absolute Gasteiger partial charge is 0.402 e. The summed E-state index contributed by atoms with van der Waals surface area (Å²) in [5.74, 6) is 0.350. The van der Waals surface area contributed by atoms with Gasteiger partial charge in [0.25, 0.3) is 0 Å². The molecule has 1 rings (SSSR count). The van der Waals surface area contributed by atoms with Crippen LogP contribution in [0, 0.1) is 0 Å². The molecule has 0 spiro atoms. The Morgan fingerprint density at radius 2 is 2.38 bits per heavy atom. The molecule has 5 N–H and O–H groups in total. The van der Waals surface area contributed by atoms with Crippen LogP contribution in [0.15, 0.2) is 29.2 Å². The van der Waals surface area contributed by atoms with E-state index >= 15 is 0 Å². The van der Waals surface area contributed by atoms with Gasteiger partial charge in [0.05, 0.1) is 25.5 Å². The molecule has 16 heavy (non-hydrogen) atoms. The summed E-state index contributed by atoms with van der Waals surface area (Å²) in [6, 6.07) is 0. The Bertz CT molecular complexity index is 394. The molecule has 0 radical (unpaired) electrons. The Kier molecular flexibility index (Phi) is 4.53. The molecule has 1 heterocycles. The van der Waals surface area contributed by atoms with Crippen LogP contribution in [0.4, 0.5) is 5.69 Å². The quantitative estimate of drug-likeness (QED) is 0.487. The zero-order valence-corrected chi connectivity index (χ0v) is 9.30. The Morgan fingerprint density at radius 1 is 1.62 bits per heavy atom. The SMILES string of the molecule is CCC(N)=CC(N)=Nc1cnn(CCO)c1. The molecule has 0 saturated heterocycles. The van der Waals surface area contributed by atoms with Crippen molar-refractivity contribution in [2.45, 2.75) is 19.9 Å². The third-order valence-electron chi connectivity index (χ3n) is 1.95. The average molecular weight is 223 g/mol. The standard InChI is InChI=1S/C10H17N5O/c1-2-8(11)5-10(12)14-9-6-13-15(7-9)3-4-16/h5-7,16H,2-4,11H2,1H3,(H2,12,14). The lowest BCUT2D eigenvalue weighted by atomic mass is 10.3. The van der Waals surface area contributed by atoms with Crippen molar-refractivity contribution in [1.82, 2.24) is 9.78 Å². The monoisotopic (exact) mass is 223 g/mol. The minimum atomic E-state index is 0.0446. The van der Waals surface area contributed by atoms with E-state index in [9.17, 15) is 0 Å². The van der Waals surface area contributed by atoms with E-state index in [2.05, 4.69) is 10.1 Å². The summed E-state index contributed by atoms with van der Waals surface area (Å²) in [5.41, 5.74) is 12.6. The van der Waals surface area contributed by atoms with Crippen LogP contribution in [-0.2, 0) is 6.54 Å². The number of hydrogen-bond donors (Lipinski definition) is 3. The molecule has 88 valence electrons. The smallest absolute Gasteiger partial charge is 0.125 e. The second kappa shape index (κ2) is 5.92. The average Bonchev–Trinajstić information content (AvgIpc) is 2.65. The maximum absolute atomic E-state index is 8.71. The van der Waals surface area contributed by atoms with E-state index in [-0.39, 0.29) is 6.61 Å². The summed E-state index contributed by atoms with van der Waals surface area (Å²) in [6.07, 6.45) is 5.65. The number of nitrogens with zero attached hydrogens (tertiary/aromatic N) is 3. The molecule has 0 atom stereocenters. The zero-order valence-electron chi connectivity index (χ0n) is 9.30. The fraction of sp³-hybridized carbons (Fsp3) is 0.400. The molecule has 1 aromatic heterocycles. The maximum atomic E-state index is 8.71. The van der Waals surface area contributed by atoms with E-state index in [1.165, 1.54) is 0 Å². The predicted octanol–water partition coefficient (Wildman–Crippen LogP) is 0.117. The van der Waals surface area contributed by atoms with Crippen LogP contribution < -0.4 is 11.5 Å². The number of aliphatic hydroxyl groups excluding tert-OH is 1. The number of amidine groups is 1. The molecule has 0 saturated carbocycles. The number of aliphatic imine (C=N–C) groups is 1. The molecule has 6 nitrogen and oxygen atoms in total. The van der Waals surface area contributed by atoms with Gasteiger partial charge in [0.1, 0.15) is 11.5 Å². The molecule has 0 unspecified atom stereocenters. The maximum Gasteiger partial charge on any atom is 0.125 e. The van der Waals surface area contributed by atoms with E-state index in [0.29, 0.717) is 23.8 Å². The fourth-order valence-electron chi connectivity index (χ4n) is 1.11. The molecule has 0 aliphatic carbocycles. The topological polar surface area (TPSA) is 102 Å². The van der Waals surface area contributed by atoms with E-state index in [1.54, 1.807) is 23.2 Å². The summed E-state index contributed by atoms with van der Waals surface area (Å²) in [4.78, 5) is 4.12. The van der Waals surface area contributed by atoms with Crippen molar-refractivity contribution in [3.63, 3.8) is 0 Å². The van der Waals surface area contributed by atoms with Crippen LogP contribution in [-0.4, -0.2) is 27.3 Å². The molecule has 6 heteroatoms. The van der Waals surface area contributed by atoms with E-state index in [4.69, 9.17) is 16.6 Å². The van der Waals surface area contributed by atoms with Crippen molar-refractivity contribution in [2.24, 2.45) is 16.5 Å². The van der Waals surface area contributed by atoms with Crippen molar-refractivity contribution in [3.05, 3.63) is 24.2 Å². The van der Waals surface area contributed by atoms with Crippen LogP contribution in [0.3, 0.4) is 0 Å². The Balaban J connectivity index is 2.74. The summed E-state index contributed by atoms with van der Waals surface area (Å²) in [5, 5.41) is 12.7. The Labute approximate surface area is 94.3 Å². The first-order chi connectivity index (χ1) is 7.65. The summed E-state index contributed by atoms with van der Waals surface area (Å²) >= 11 is 0. The van der Waals surface area contributed by atoms with Gasteiger partial charge in [-0.15, -0.1) is 0 Å². The third-order valence-corrected chi connectivity index (χ3v) is 1.95. The van der Waals surface area contributed by atoms with Crippen molar-refractivity contribution in [1.29, 1.82) is 0 Å². The number of aromatic nitrogens is 2. The number of rotatable bonds is 5. The van der Waals surface area contributed by atoms with Crippen LogP contribution in [0.25, 0.3) is 0 Å². The van der Waals surface area contributed by atoms with Gasteiger partial charge in [-0.25, -0.2) is 4.99 Å². The van der Waals surface area contributed by atoms with Gasteiger partial charge in [-0.3, -0.25) is 4.68 Å². The van der Waals surface area contributed by atoms with Gasteiger partial charge in [-0.2, -0.15) is 5.10 Å². The van der Waals surface area contributed by atoms with Gasteiger partial charge in [0.15, 0.2) is 0 Å². The first kappa shape index (κ1) is 12.3. The number of aliphatic hydroxyl groups is 1. The molecule has 0 bridgehead atoms. The molecular formula is C10H17N5O. The number of nitrogens with two attached hydrogens (primary N) is 2. The van der Waals surface area contributed by atoms with Gasteiger partial charge < -0.3 is 16.6 Å². The molecule has 0 aliphatic rings. The first-order valence-corrected chi connectivity index (χ1v) is 5.09. The van der Waals surface area contributed by atoms with Crippen molar-refractivity contribution in [3.8, 4) is 0 Å². The molecule has 0 fully saturated rings. The fourth-order valence-corrected chi connectivity index (χ4v) is 1.11. The van der Waals surface area contributed by atoms with Gasteiger partial charge in [0, 0.05) is 5.70 Å². The van der Waals surface area contributed by atoms with E-state index < -0.39 is 0 Å². The van der Waals surface area contributed by atoms with Crippen LogP contribution in [0.2, 0.25) is 0 Å². The molecule has 0 aromatic carbocycles. The lowest BCUT2D eigenvalue weighted by Crippen LogP contribution is -2.10. The predicted molar refractivity (Wildman–Crippen MR) is 63.2 cm³/mol. The van der Waals surface area contributed by atoms with Gasteiger partial charge in [-0.1, -0.05) is 6.92 Å². The second-order valence-electron chi connectivity index (χ2n) is 3.29. The number of hydrogen-bond acceptors (Lipinski definition) is 4. The highest BCUT2D eigenvalue weighted by Gasteiger charge is 1.97. The van der Waals surface area contributed by atoms with Gasteiger partial charge in [-0.05, 0) is 12.5 Å². The highest BCUT2D eigenvalue weighted by molar-refractivity contribution is 5.93. The third kappa shape index (κ3) is 3.74. The minimum Gasteiger partial charge on any atom is -0.402 e. The molecule has 1 aromatic rings. The molecular weight excluding hydrogens is 206 g/mol. The number of allylic oxidation sites excluding steroid dienone is 1. The first-order valence-electron chi connectivity index (χ1n) is 5.09. The van der Waals surface area contributed by atoms with Crippen molar-refractivity contribution in [2.75, 3.05) is 6.61 Å². The second-order valence-corrected chi connectivity index (χ2v) is 3.29. The highest BCUT2D eigenvalue weighted by Crippen LogP contribution is 2.09. The van der Waals surface area contributed by atoms with Gasteiger partial charge in [0.2, 0.25) is 0 Å². The molecule has 0 aliphatic heterocycles. The Hall–Kier alpha value is -1.82. The Morgan fingerprint density at radius 3 is 3.00 bits per heavy atom. The van der Waals surface area contributed by atoms with E-state index in [0.717, 1.165) is 6.42 Å². The van der Waals surface area contributed by atoms with Gasteiger partial charge >= 0.3 is 0 Å².